The average molecular weight is 403 g/mol. The van der Waals surface area contributed by atoms with Crippen molar-refractivity contribution in [2.24, 2.45) is 0 Å². The van der Waals surface area contributed by atoms with Crippen LogP contribution < -0.4 is 5.32 Å². The van der Waals surface area contributed by atoms with Crippen LogP contribution in [0.3, 0.4) is 0 Å². The van der Waals surface area contributed by atoms with Gasteiger partial charge in [-0.05, 0) is 37.1 Å². The summed E-state index contributed by atoms with van der Waals surface area (Å²) in [5.74, 6) is -0.297. The smallest absolute Gasteiger partial charge is 0.270 e. The number of carbonyl (C=O) groups excluding carboxylic acids is 1. The molecule has 1 heterocycles. The van der Waals surface area contributed by atoms with Gasteiger partial charge >= 0.3 is 0 Å². The number of hydrogen-bond acceptors (Lipinski definition) is 6. The highest BCUT2D eigenvalue weighted by molar-refractivity contribution is 7.89. The molecule has 9 heteroatoms. The highest BCUT2D eigenvalue weighted by Gasteiger charge is 2.25. The van der Waals surface area contributed by atoms with Crippen molar-refractivity contribution in [1.82, 2.24) is 4.31 Å². The van der Waals surface area contributed by atoms with Crippen molar-refractivity contribution in [2.45, 2.75) is 24.2 Å². The minimum atomic E-state index is -3.49. The number of nitrogens with zero attached hydrogens (tertiary/aromatic N) is 2. The maximum atomic E-state index is 12.6. The molecule has 0 aromatic heterocycles. The Hall–Kier alpha value is -2.78. The van der Waals surface area contributed by atoms with E-state index in [0.29, 0.717) is 18.8 Å². The van der Waals surface area contributed by atoms with Gasteiger partial charge in [0.1, 0.15) is 0 Å². The lowest BCUT2D eigenvalue weighted by Gasteiger charge is -2.25. The molecule has 0 spiro atoms. The summed E-state index contributed by atoms with van der Waals surface area (Å²) in [5.41, 5.74) is 0.695. The Kier molecular flexibility index (Phi) is 6.05. The number of nitro groups is 1. The molecule has 0 atom stereocenters. The molecule has 1 N–H and O–H groups in total. The molecular formula is C19H21N3O5S. The van der Waals surface area contributed by atoms with Crippen LogP contribution in [0.25, 0.3) is 0 Å². The van der Waals surface area contributed by atoms with Crippen molar-refractivity contribution in [3.8, 4) is 0 Å². The molecule has 3 rings (SSSR count). The molecule has 0 bridgehead atoms. The summed E-state index contributed by atoms with van der Waals surface area (Å²) in [5, 5.41) is 13.7. The molecule has 28 heavy (non-hydrogen) atoms. The lowest BCUT2D eigenvalue weighted by atomic mass is 10.1. The molecule has 0 aliphatic carbocycles. The van der Waals surface area contributed by atoms with Crippen LogP contribution in [-0.4, -0.2) is 43.1 Å². The highest BCUT2D eigenvalue weighted by Crippen LogP contribution is 2.22. The number of Topliss-reactive ketones (excluding diaryl/α,β-unsaturated/α-hetero) is 1. The molecule has 0 unspecified atom stereocenters. The Labute approximate surface area is 163 Å². The fourth-order valence-corrected chi connectivity index (χ4v) is 4.59. The largest absolute Gasteiger partial charge is 0.378 e. The van der Waals surface area contributed by atoms with Crippen LogP contribution >= 0.6 is 0 Å². The predicted octanol–water partition coefficient (Wildman–Crippen LogP) is 3.06. The number of benzene rings is 2. The number of carbonyl (C=O) groups is 1. The van der Waals surface area contributed by atoms with E-state index >= 15 is 0 Å². The first-order chi connectivity index (χ1) is 13.4. The molecule has 1 aliphatic heterocycles. The summed E-state index contributed by atoms with van der Waals surface area (Å²) < 4.78 is 26.8. The number of piperidine rings is 1. The van der Waals surface area contributed by atoms with Gasteiger partial charge < -0.3 is 5.32 Å². The van der Waals surface area contributed by atoms with Crippen molar-refractivity contribution in [3.05, 3.63) is 64.2 Å². The number of rotatable bonds is 7. The van der Waals surface area contributed by atoms with Crippen LogP contribution in [0.4, 0.5) is 11.4 Å². The van der Waals surface area contributed by atoms with Crippen LogP contribution in [0, 0.1) is 10.1 Å². The second kappa shape index (κ2) is 8.49. The average Bonchev–Trinajstić information content (AvgIpc) is 2.73. The molecule has 0 saturated carbocycles. The second-order valence-electron chi connectivity index (χ2n) is 6.57. The minimum absolute atomic E-state index is 0.0562. The number of anilines is 1. The molecular weight excluding hydrogens is 382 g/mol. The molecule has 8 nitrogen and oxygen atoms in total. The monoisotopic (exact) mass is 403 g/mol. The van der Waals surface area contributed by atoms with Crippen molar-refractivity contribution >= 4 is 27.2 Å². The summed E-state index contributed by atoms with van der Waals surface area (Å²) in [6, 6.07) is 11.8. The number of non-ortho nitro benzene ring substituents is 1. The van der Waals surface area contributed by atoms with Gasteiger partial charge in [0, 0.05) is 36.5 Å². The standard InChI is InChI=1S/C19H21N3O5S/c23-19(15-5-4-6-17(13-15)22(24)25)14-20-16-7-9-18(10-8-16)28(26,27)21-11-2-1-3-12-21/h4-10,13,20H,1-3,11-12,14H2. The van der Waals surface area contributed by atoms with E-state index in [0.717, 1.165) is 19.3 Å². The first kappa shape index (κ1) is 20.0. The summed E-state index contributed by atoms with van der Waals surface area (Å²) in [7, 11) is -3.49. The van der Waals surface area contributed by atoms with Gasteiger partial charge in [-0.1, -0.05) is 18.6 Å². The Balaban J connectivity index is 1.63. The van der Waals surface area contributed by atoms with Gasteiger partial charge in [-0.3, -0.25) is 14.9 Å². The molecule has 0 radical (unpaired) electrons. The van der Waals surface area contributed by atoms with Gasteiger partial charge in [0.2, 0.25) is 10.0 Å². The summed E-state index contributed by atoms with van der Waals surface area (Å²) >= 11 is 0. The van der Waals surface area contributed by atoms with Gasteiger partial charge in [-0.25, -0.2) is 8.42 Å². The van der Waals surface area contributed by atoms with E-state index in [1.54, 1.807) is 12.1 Å². The zero-order chi connectivity index (χ0) is 20.1. The fourth-order valence-electron chi connectivity index (χ4n) is 3.08. The van der Waals surface area contributed by atoms with Crippen molar-refractivity contribution in [3.63, 3.8) is 0 Å². The van der Waals surface area contributed by atoms with Gasteiger partial charge in [0.15, 0.2) is 5.78 Å². The Morgan fingerprint density at radius 3 is 2.39 bits per heavy atom. The van der Waals surface area contributed by atoms with Crippen LogP contribution in [0.1, 0.15) is 29.6 Å². The van der Waals surface area contributed by atoms with Crippen molar-refractivity contribution in [1.29, 1.82) is 0 Å². The first-order valence-electron chi connectivity index (χ1n) is 9.00. The minimum Gasteiger partial charge on any atom is -0.378 e. The van der Waals surface area contributed by atoms with E-state index in [2.05, 4.69) is 5.32 Å². The van der Waals surface area contributed by atoms with Crippen LogP contribution in [-0.2, 0) is 10.0 Å². The lowest BCUT2D eigenvalue weighted by Crippen LogP contribution is -2.35. The quantitative estimate of drug-likeness (QED) is 0.432. The van der Waals surface area contributed by atoms with Gasteiger partial charge in [-0.15, -0.1) is 0 Å². The SMILES string of the molecule is O=C(CNc1ccc(S(=O)(=O)N2CCCCC2)cc1)c1cccc([N+](=O)[O-])c1. The third-order valence-corrected chi connectivity index (χ3v) is 6.55. The van der Waals surface area contributed by atoms with Crippen molar-refractivity contribution < 1.29 is 18.1 Å². The molecule has 2 aromatic carbocycles. The van der Waals surface area contributed by atoms with E-state index in [1.807, 2.05) is 0 Å². The van der Waals surface area contributed by atoms with E-state index in [-0.39, 0.29) is 28.5 Å². The maximum Gasteiger partial charge on any atom is 0.270 e. The molecule has 1 fully saturated rings. The number of ketones is 1. The number of hydrogen-bond donors (Lipinski definition) is 1. The second-order valence-corrected chi connectivity index (χ2v) is 8.51. The summed E-state index contributed by atoms with van der Waals surface area (Å²) in [4.78, 5) is 22.7. The topological polar surface area (TPSA) is 110 Å². The van der Waals surface area contributed by atoms with Gasteiger partial charge in [0.05, 0.1) is 16.4 Å². The number of sulfonamides is 1. The normalized spacial score (nSPS) is 15.1. The number of nitrogens with one attached hydrogen (secondary N) is 1. The van der Waals surface area contributed by atoms with Crippen LogP contribution in [0.2, 0.25) is 0 Å². The van der Waals surface area contributed by atoms with E-state index in [9.17, 15) is 23.3 Å². The highest BCUT2D eigenvalue weighted by atomic mass is 32.2. The zero-order valence-electron chi connectivity index (χ0n) is 15.2. The Bertz CT molecular complexity index is 967. The summed E-state index contributed by atoms with van der Waals surface area (Å²) in [6.45, 7) is 1.03. The Morgan fingerprint density at radius 2 is 1.75 bits per heavy atom. The molecule has 0 amide bonds. The third-order valence-electron chi connectivity index (χ3n) is 4.64. The van der Waals surface area contributed by atoms with Gasteiger partial charge in [-0.2, -0.15) is 4.31 Å². The van der Waals surface area contributed by atoms with Crippen LogP contribution in [0.15, 0.2) is 53.4 Å². The zero-order valence-corrected chi connectivity index (χ0v) is 16.0. The summed E-state index contributed by atoms with van der Waals surface area (Å²) in [6.07, 6.45) is 2.80. The maximum absolute atomic E-state index is 12.6. The Morgan fingerprint density at radius 1 is 1.07 bits per heavy atom. The first-order valence-corrected chi connectivity index (χ1v) is 10.4. The molecule has 2 aromatic rings. The number of nitro benzene ring substituents is 1. The molecule has 1 aliphatic rings. The lowest BCUT2D eigenvalue weighted by molar-refractivity contribution is -0.384. The third kappa shape index (κ3) is 4.55. The van der Waals surface area contributed by atoms with E-state index in [1.165, 1.54) is 40.7 Å². The van der Waals surface area contributed by atoms with E-state index in [4.69, 9.17) is 0 Å². The van der Waals surface area contributed by atoms with E-state index < -0.39 is 14.9 Å². The molecule has 148 valence electrons. The molecule has 1 saturated heterocycles. The van der Waals surface area contributed by atoms with Crippen LogP contribution in [0.5, 0.6) is 0 Å². The van der Waals surface area contributed by atoms with Gasteiger partial charge in [0.25, 0.3) is 5.69 Å². The fraction of sp³-hybridized carbons (Fsp3) is 0.316. The predicted molar refractivity (Wildman–Crippen MR) is 105 cm³/mol. The van der Waals surface area contributed by atoms with Crippen molar-refractivity contribution in [2.75, 3.05) is 25.0 Å².